The van der Waals surface area contributed by atoms with Crippen molar-refractivity contribution in [1.29, 1.82) is 0 Å². The highest BCUT2D eigenvalue weighted by molar-refractivity contribution is 5.76. The number of benzene rings is 1. The Hall–Kier alpha value is -2.70. The molecule has 0 aliphatic carbocycles. The second kappa shape index (κ2) is 7.46. The first-order valence-corrected chi connectivity index (χ1v) is 8.53. The van der Waals surface area contributed by atoms with Gasteiger partial charge in [0.05, 0.1) is 0 Å². The molecule has 1 aromatic heterocycles. The number of aromatic nitrogens is 2. The minimum Gasteiger partial charge on any atom is -0.358 e. The van der Waals surface area contributed by atoms with E-state index in [0.29, 0.717) is 11.7 Å². The van der Waals surface area contributed by atoms with E-state index in [4.69, 9.17) is 0 Å². The number of piperidine rings is 1. The van der Waals surface area contributed by atoms with Crippen LogP contribution in [0.2, 0.25) is 0 Å². The first kappa shape index (κ1) is 17.1. The third kappa shape index (κ3) is 4.23. The van der Waals surface area contributed by atoms with Crippen LogP contribution in [0.5, 0.6) is 0 Å². The lowest BCUT2D eigenvalue weighted by atomic mass is 9.90. The average molecular weight is 342 g/mol. The quantitative estimate of drug-likeness (QED) is 0.618. The maximum absolute atomic E-state index is 12.5. The molecule has 1 amide bonds. The van der Waals surface area contributed by atoms with Gasteiger partial charge >= 0.3 is 5.82 Å². The number of aryl methyl sites for hydroxylation is 1. The Morgan fingerprint density at radius 3 is 2.56 bits per heavy atom. The van der Waals surface area contributed by atoms with Gasteiger partial charge in [-0.1, -0.05) is 30.3 Å². The zero-order valence-electron chi connectivity index (χ0n) is 14.3. The molecule has 1 aliphatic rings. The molecular weight excluding hydrogens is 320 g/mol. The van der Waals surface area contributed by atoms with Crippen LogP contribution in [-0.2, 0) is 17.8 Å². The van der Waals surface area contributed by atoms with E-state index in [1.165, 1.54) is 11.8 Å². The highest BCUT2D eigenvalue weighted by atomic mass is 16.6. The van der Waals surface area contributed by atoms with Crippen molar-refractivity contribution >= 4 is 11.7 Å². The van der Waals surface area contributed by atoms with Crippen molar-refractivity contribution in [2.75, 3.05) is 13.1 Å². The normalized spacial score (nSPS) is 15.3. The predicted molar refractivity (Wildman–Crippen MR) is 93.1 cm³/mol. The molecular formula is C18H22N4O3. The zero-order chi connectivity index (χ0) is 17.8. The number of hydrogen-bond acceptors (Lipinski definition) is 4. The summed E-state index contributed by atoms with van der Waals surface area (Å²) < 4.78 is 1.55. The Kier molecular flexibility index (Phi) is 5.11. The maximum Gasteiger partial charge on any atom is 0.381 e. The van der Waals surface area contributed by atoms with Gasteiger partial charge in [0.1, 0.15) is 12.7 Å². The second-order valence-electron chi connectivity index (χ2n) is 6.55. The molecule has 132 valence electrons. The lowest BCUT2D eigenvalue weighted by Gasteiger charge is -2.32. The summed E-state index contributed by atoms with van der Waals surface area (Å²) in [7, 11) is 0. The number of amides is 1. The molecule has 0 saturated carbocycles. The molecule has 2 aromatic rings. The first-order valence-electron chi connectivity index (χ1n) is 8.53. The Morgan fingerprint density at radius 1 is 1.28 bits per heavy atom. The van der Waals surface area contributed by atoms with Crippen molar-refractivity contribution in [3.63, 3.8) is 0 Å². The summed E-state index contributed by atoms with van der Waals surface area (Å²) in [5.41, 5.74) is 1.34. The second-order valence-corrected chi connectivity index (χ2v) is 6.55. The van der Waals surface area contributed by atoms with Gasteiger partial charge in [0.2, 0.25) is 11.7 Å². The summed E-state index contributed by atoms with van der Waals surface area (Å²) in [6.45, 7) is 3.26. The van der Waals surface area contributed by atoms with Gasteiger partial charge in [0, 0.05) is 20.0 Å². The van der Waals surface area contributed by atoms with E-state index >= 15 is 0 Å². The summed E-state index contributed by atoms with van der Waals surface area (Å²) in [5.74, 6) is 0.863. The van der Waals surface area contributed by atoms with Crippen LogP contribution in [0.15, 0.2) is 36.5 Å². The van der Waals surface area contributed by atoms with Gasteiger partial charge in [0.15, 0.2) is 0 Å². The molecule has 25 heavy (non-hydrogen) atoms. The van der Waals surface area contributed by atoms with Gasteiger partial charge in [-0.2, -0.15) is 0 Å². The van der Waals surface area contributed by atoms with Crippen molar-refractivity contribution < 1.29 is 9.72 Å². The van der Waals surface area contributed by atoms with E-state index in [2.05, 4.69) is 29.2 Å². The van der Waals surface area contributed by atoms with Crippen LogP contribution >= 0.6 is 0 Å². The molecule has 1 aromatic carbocycles. The summed E-state index contributed by atoms with van der Waals surface area (Å²) in [4.78, 5) is 28.4. The number of carbonyl (C=O) groups is 1. The Bertz CT molecular complexity index is 749. The summed E-state index contributed by atoms with van der Waals surface area (Å²) >= 11 is 0. The van der Waals surface area contributed by atoms with E-state index in [9.17, 15) is 14.9 Å². The molecule has 2 heterocycles. The van der Waals surface area contributed by atoms with Crippen LogP contribution in [0, 0.1) is 23.0 Å². The lowest BCUT2D eigenvalue weighted by Crippen LogP contribution is -2.40. The van der Waals surface area contributed by atoms with Crippen LogP contribution in [0.1, 0.15) is 24.2 Å². The van der Waals surface area contributed by atoms with Crippen LogP contribution < -0.4 is 0 Å². The maximum atomic E-state index is 12.5. The van der Waals surface area contributed by atoms with E-state index in [0.717, 1.165) is 32.4 Å². The van der Waals surface area contributed by atoms with Crippen LogP contribution in [0.3, 0.4) is 0 Å². The van der Waals surface area contributed by atoms with Gasteiger partial charge in [0.25, 0.3) is 0 Å². The number of likely N-dealkylation sites (tertiary alicyclic amines) is 1. The number of carbonyl (C=O) groups excluding carboxylic acids is 1. The van der Waals surface area contributed by atoms with E-state index < -0.39 is 4.92 Å². The third-order valence-corrected chi connectivity index (χ3v) is 4.79. The van der Waals surface area contributed by atoms with Gasteiger partial charge in [-0.15, -0.1) is 0 Å². The summed E-state index contributed by atoms with van der Waals surface area (Å²) in [6.07, 6.45) is 4.36. The Balaban J connectivity index is 1.52. The lowest BCUT2D eigenvalue weighted by molar-refractivity contribution is -0.389. The molecule has 0 N–H and O–H groups in total. The minimum absolute atomic E-state index is 0.00596. The fraction of sp³-hybridized carbons (Fsp3) is 0.444. The fourth-order valence-corrected chi connectivity index (χ4v) is 3.32. The number of imidazole rings is 1. The van der Waals surface area contributed by atoms with Crippen molar-refractivity contribution in [3.05, 3.63) is 58.0 Å². The molecule has 0 atom stereocenters. The highest BCUT2D eigenvalue weighted by Gasteiger charge is 2.24. The largest absolute Gasteiger partial charge is 0.381 e. The fourth-order valence-electron chi connectivity index (χ4n) is 3.32. The topological polar surface area (TPSA) is 81.3 Å². The van der Waals surface area contributed by atoms with Crippen LogP contribution in [0.25, 0.3) is 0 Å². The van der Waals surface area contributed by atoms with Crippen LogP contribution in [-0.4, -0.2) is 38.4 Å². The molecule has 7 nitrogen and oxygen atoms in total. The molecule has 1 aliphatic heterocycles. The van der Waals surface area contributed by atoms with Gasteiger partial charge in [-0.25, -0.2) is 0 Å². The highest BCUT2D eigenvalue weighted by Crippen LogP contribution is 2.22. The Morgan fingerprint density at radius 2 is 1.96 bits per heavy atom. The van der Waals surface area contributed by atoms with Crippen molar-refractivity contribution in [2.24, 2.45) is 5.92 Å². The average Bonchev–Trinajstić information content (AvgIpc) is 2.97. The number of nitro groups is 1. The monoisotopic (exact) mass is 342 g/mol. The summed E-state index contributed by atoms with van der Waals surface area (Å²) in [5, 5.41) is 10.8. The number of hydrogen-bond donors (Lipinski definition) is 0. The number of nitrogens with zero attached hydrogens (tertiary/aromatic N) is 4. The van der Waals surface area contributed by atoms with E-state index in [1.54, 1.807) is 11.5 Å². The minimum atomic E-state index is -0.539. The molecule has 0 spiro atoms. The molecule has 7 heteroatoms. The van der Waals surface area contributed by atoms with Crippen molar-refractivity contribution in [1.82, 2.24) is 14.5 Å². The molecule has 1 fully saturated rings. The molecule has 0 bridgehead atoms. The smallest absolute Gasteiger partial charge is 0.358 e. The van der Waals surface area contributed by atoms with E-state index in [-0.39, 0.29) is 18.3 Å². The van der Waals surface area contributed by atoms with E-state index in [1.807, 2.05) is 11.0 Å². The van der Waals surface area contributed by atoms with Gasteiger partial charge in [-0.05, 0) is 40.7 Å². The molecule has 0 radical (unpaired) electrons. The van der Waals surface area contributed by atoms with Crippen LogP contribution in [0.4, 0.5) is 5.82 Å². The summed E-state index contributed by atoms with van der Waals surface area (Å²) in [6, 6.07) is 10.4. The van der Waals surface area contributed by atoms with Crippen molar-refractivity contribution in [2.45, 2.75) is 32.7 Å². The Labute approximate surface area is 146 Å². The standard InChI is InChI=1S/C18H22N4O3/c1-14-19-17(22(24)25)12-21(14)13-18(23)20-9-7-16(8-10-20)11-15-5-3-2-4-6-15/h2-6,12,16H,7-11,13H2,1H3. The molecule has 1 saturated heterocycles. The third-order valence-electron chi connectivity index (χ3n) is 4.79. The molecule has 0 unspecified atom stereocenters. The zero-order valence-corrected chi connectivity index (χ0v) is 14.3. The van der Waals surface area contributed by atoms with Gasteiger partial charge in [-0.3, -0.25) is 9.36 Å². The molecule has 3 rings (SSSR count). The van der Waals surface area contributed by atoms with Crippen molar-refractivity contribution in [3.8, 4) is 0 Å². The van der Waals surface area contributed by atoms with Gasteiger partial charge < -0.3 is 15.0 Å². The first-order chi connectivity index (χ1) is 12.0. The SMILES string of the molecule is Cc1nc([N+](=O)[O-])cn1CC(=O)N1CCC(Cc2ccccc2)CC1. The predicted octanol–water partition coefficient (Wildman–Crippen LogP) is 2.58. The number of rotatable bonds is 5.